The molecule has 0 radical (unpaired) electrons. The zero-order valence-corrected chi connectivity index (χ0v) is 12.9. The zero-order chi connectivity index (χ0) is 16.6. The van der Waals surface area contributed by atoms with Gasteiger partial charge in [0.05, 0.1) is 6.07 Å². The summed E-state index contributed by atoms with van der Waals surface area (Å²) in [6.45, 7) is -1.45. The Morgan fingerprint density at radius 3 is 2.91 bits per heavy atom. The number of hydrogen-bond donors (Lipinski definition) is 2. The molecule has 1 aromatic heterocycles. The molecule has 0 aliphatic heterocycles. The maximum Gasteiger partial charge on any atom is 0.405 e. The first-order chi connectivity index (χ1) is 10.3. The van der Waals surface area contributed by atoms with E-state index in [0.717, 1.165) is 0 Å². The number of hydrogen-bond acceptors (Lipinski definition) is 6. The molecule has 0 spiro atoms. The number of aromatic nitrogens is 2. The lowest BCUT2D eigenvalue weighted by atomic mass is 10.4. The van der Waals surface area contributed by atoms with E-state index in [1.165, 1.54) is 24.0 Å². The molecule has 0 atom stereocenters. The molecule has 1 rings (SSSR count). The highest BCUT2D eigenvalue weighted by atomic mass is 32.2. The Morgan fingerprint density at radius 2 is 2.27 bits per heavy atom. The van der Waals surface area contributed by atoms with Crippen LogP contribution in [0.1, 0.15) is 12.8 Å². The molecule has 120 valence electrons. The van der Waals surface area contributed by atoms with Gasteiger partial charge in [-0.1, -0.05) is 24.6 Å². The maximum atomic E-state index is 12.0. The first kappa shape index (κ1) is 18.4. The molecule has 0 saturated heterocycles. The molecular formula is C11H12F3N5OS2. The average molecular weight is 351 g/mol. The normalized spacial score (nSPS) is 10.9. The van der Waals surface area contributed by atoms with Crippen LogP contribution in [0.2, 0.25) is 0 Å². The van der Waals surface area contributed by atoms with Gasteiger partial charge in [0.25, 0.3) is 0 Å². The Morgan fingerprint density at radius 1 is 1.55 bits per heavy atom. The van der Waals surface area contributed by atoms with Crippen LogP contribution < -0.4 is 9.62 Å². The van der Waals surface area contributed by atoms with Crippen molar-refractivity contribution in [2.45, 2.75) is 24.2 Å². The van der Waals surface area contributed by atoms with Crippen LogP contribution in [0.15, 0.2) is 17.4 Å². The number of carbonyl (C=O) groups is 1. The van der Waals surface area contributed by atoms with Gasteiger partial charge in [0.1, 0.15) is 6.54 Å². The third-order valence-electron chi connectivity index (χ3n) is 2.13. The molecule has 6 nitrogen and oxygen atoms in total. The molecule has 0 aliphatic carbocycles. The number of alkyl halides is 3. The Labute approximate surface area is 134 Å². The number of anilines is 1. The smallest absolute Gasteiger partial charge is 0.328 e. The predicted octanol–water partition coefficient (Wildman–Crippen LogP) is 2.80. The highest BCUT2D eigenvalue weighted by Crippen LogP contribution is 2.20. The first-order valence-electron chi connectivity index (χ1n) is 6.00. The maximum absolute atomic E-state index is 12.0. The van der Waals surface area contributed by atoms with Gasteiger partial charge in [-0.05, 0) is 6.42 Å². The molecule has 1 N–H and O–H groups in total. The number of halogens is 3. The van der Waals surface area contributed by atoms with Crippen molar-refractivity contribution >= 4 is 36.4 Å². The number of rotatable bonds is 6. The lowest BCUT2D eigenvalue weighted by Crippen LogP contribution is -2.40. The lowest BCUT2D eigenvalue weighted by molar-refractivity contribution is -0.122. The summed E-state index contributed by atoms with van der Waals surface area (Å²) in [5.74, 6) is 0.671. The zero-order valence-electron chi connectivity index (χ0n) is 11.2. The average Bonchev–Trinajstić information content (AvgIpc) is 2.48. The number of carbonyl (C=O) groups excluding carboxylic acids is 1. The van der Waals surface area contributed by atoms with Crippen molar-refractivity contribution in [3.05, 3.63) is 12.3 Å². The SMILES string of the molecule is N#CCCCSc1nccc(N(S)C(=O)NCC(F)(F)F)n1. The van der Waals surface area contributed by atoms with Crippen molar-refractivity contribution in [3.8, 4) is 6.07 Å². The minimum absolute atomic E-state index is 0.0563. The Kier molecular flexibility index (Phi) is 7.26. The van der Waals surface area contributed by atoms with E-state index in [1.54, 1.807) is 5.32 Å². The first-order valence-corrected chi connectivity index (χ1v) is 7.38. The summed E-state index contributed by atoms with van der Waals surface area (Å²) in [4.78, 5) is 19.5. The Hall–Kier alpha value is -1.67. The van der Waals surface area contributed by atoms with Gasteiger partial charge in [-0.2, -0.15) is 18.4 Å². The predicted molar refractivity (Wildman–Crippen MR) is 78.5 cm³/mol. The summed E-state index contributed by atoms with van der Waals surface area (Å²) in [5, 5.41) is 10.4. The number of nitrogens with one attached hydrogen (secondary N) is 1. The van der Waals surface area contributed by atoms with E-state index in [1.807, 2.05) is 6.07 Å². The number of nitrogens with zero attached hydrogens (tertiary/aromatic N) is 4. The van der Waals surface area contributed by atoms with Gasteiger partial charge >= 0.3 is 12.2 Å². The van der Waals surface area contributed by atoms with Crippen LogP contribution in [0.3, 0.4) is 0 Å². The third kappa shape index (κ3) is 6.86. The molecule has 2 amide bonds. The van der Waals surface area contributed by atoms with Crippen LogP contribution in [0.5, 0.6) is 0 Å². The standard InChI is InChI=1S/C11H12F3N5OS2/c12-11(13,14)7-17-10(20)19(21)8-3-5-16-9(18-8)22-6-2-1-4-15/h3,5,21H,1-2,6-7H2,(H,17,20). The lowest BCUT2D eigenvalue weighted by Gasteiger charge is -2.16. The fourth-order valence-electron chi connectivity index (χ4n) is 1.19. The molecule has 0 saturated carbocycles. The van der Waals surface area contributed by atoms with Gasteiger partial charge in [0.2, 0.25) is 0 Å². The highest BCUT2D eigenvalue weighted by molar-refractivity contribution is 7.99. The molecule has 0 aliphatic rings. The van der Waals surface area contributed by atoms with Crippen LogP contribution in [0.4, 0.5) is 23.8 Å². The molecular weight excluding hydrogens is 339 g/mol. The van der Waals surface area contributed by atoms with Crippen LogP contribution in [0, 0.1) is 11.3 Å². The molecule has 0 aromatic carbocycles. The molecule has 11 heteroatoms. The van der Waals surface area contributed by atoms with Crippen molar-refractivity contribution in [3.63, 3.8) is 0 Å². The summed E-state index contributed by atoms with van der Waals surface area (Å²) >= 11 is 5.10. The molecule has 22 heavy (non-hydrogen) atoms. The van der Waals surface area contributed by atoms with E-state index in [9.17, 15) is 18.0 Å². The Bertz CT molecular complexity index is 549. The van der Waals surface area contributed by atoms with Crippen molar-refractivity contribution in [1.82, 2.24) is 15.3 Å². The topological polar surface area (TPSA) is 81.9 Å². The number of unbranched alkanes of at least 4 members (excludes halogenated alkanes) is 1. The molecule has 0 unspecified atom stereocenters. The summed E-state index contributed by atoms with van der Waals surface area (Å²) in [6, 6.07) is 2.31. The van der Waals surface area contributed by atoms with Gasteiger partial charge in [-0.15, -0.1) is 0 Å². The van der Waals surface area contributed by atoms with Crippen LogP contribution in [-0.2, 0) is 0 Å². The fourth-order valence-corrected chi connectivity index (χ4v) is 2.14. The van der Waals surface area contributed by atoms with Gasteiger partial charge in [0, 0.05) is 24.4 Å². The summed E-state index contributed by atoms with van der Waals surface area (Å²) in [7, 11) is 0. The monoisotopic (exact) mass is 351 g/mol. The van der Waals surface area contributed by atoms with Gasteiger partial charge in [0.15, 0.2) is 11.0 Å². The minimum Gasteiger partial charge on any atom is -0.328 e. The Balaban J connectivity index is 2.60. The van der Waals surface area contributed by atoms with E-state index in [2.05, 4.69) is 22.8 Å². The van der Waals surface area contributed by atoms with Crippen LogP contribution >= 0.6 is 24.6 Å². The number of thiol groups is 1. The summed E-state index contributed by atoms with van der Waals surface area (Å²) in [5.41, 5.74) is 0. The largest absolute Gasteiger partial charge is 0.405 e. The van der Waals surface area contributed by atoms with E-state index in [-0.39, 0.29) is 5.82 Å². The molecule has 0 bridgehead atoms. The second kappa shape index (κ2) is 8.70. The highest BCUT2D eigenvalue weighted by Gasteiger charge is 2.29. The quantitative estimate of drug-likeness (QED) is 0.356. The van der Waals surface area contributed by atoms with E-state index >= 15 is 0 Å². The number of amides is 2. The fraction of sp³-hybridized carbons (Fsp3) is 0.455. The van der Waals surface area contributed by atoms with Gasteiger partial charge in [-0.3, -0.25) is 0 Å². The molecule has 1 aromatic rings. The summed E-state index contributed by atoms with van der Waals surface area (Å²) < 4.78 is 36.8. The second-order valence-corrected chi connectivity index (χ2v) is 5.36. The number of thioether (sulfide) groups is 1. The van der Waals surface area contributed by atoms with E-state index in [0.29, 0.717) is 28.1 Å². The van der Waals surface area contributed by atoms with Gasteiger partial charge in [-0.25, -0.2) is 19.1 Å². The minimum atomic E-state index is -4.50. The van der Waals surface area contributed by atoms with Crippen molar-refractivity contribution in [2.24, 2.45) is 0 Å². The van der Waals surface area contributed by atoms with Crippen LogP contribution in [-0.4, -0.2) is 34.5 Å². The molecule has 0 fully saturated rings. The van der Waals surface area contributed by atoms with Gasteiger partial charge < -0.3 is 5.32 Å². The van der Waals surface area contributed by atoms with Crippen molar-refractivity contribution < 1.29 is 18.0 Å². The summed E-state index contributed by atoms with van der Waals surface area (Å²) in [6.07, 6.45) is -2.07. The van der Waals surface area contributed by atoms with E-state index in [4.69, 9.17) is 5.26 Å². The van der Waals surface area contributed by atoms with Crippen molar-refractivity contribution in [1.29, 1.82) is 5.26 Å². The van der Waals surface area contributed by atoms with Crippen LogP contribution in [0.25, 0.3) is 0 Å². The third-order valence-corrected chi connectivity index (χ3v) is 3.47. The second-order valence-electron chi connectivity index (χ2n) is 3.89. The molecule has 1 heterocycles. The van der Waals surface area contributed by atoms with E-state index < -0.39 is 18.8 Å². The van der Waals surface area contributed by atoms with Crippen molar-refractivity contribution in [2.75, 3.05) is 16.6 Å². The number of urea groups is 1. The number of nitriles is 1.